The molecule has 0 bridgehead atoms. The number of hydrogen-bond acceptors (Lipinski definition) is 10. The topological polar surface area (TPSA) is 107 Å². The molecule has 208 valence electrons. The molecule has 0 unspecified atom stereocenters. The average molecular weight is 916 g/mol. The van der Waals surface area contributed by atoms with Gasteiger partial charge in [-0.2, -0.15) is 41.2 Å². The lowest BCUT2D eigenvalue weighted by molar-refractivity contribution is 0.664. The number of hydrogen-bond donors (Lipinski definition) is 0. The van der Waals surface area contributed by atoms with Crippen LogP contribution in [0, 0.1) is 20.8 Å². The molecule has 0 saturated carbocycles. The highest BCUT2D eigenvalue weighted by atomic mass is 79.9. The molecule has 1 aliphatic rings. The Labute approximate surface area is 283 Å². The largest absolute Gasteiger partial charge is 0.187 e. The van der Waals surface area contributed by atoms with Gasteiger partial charge in [0.25, 0.3) is 0 Å². The number of fused-ring (bicyclic) bond motifs is 4. The molecule has 17 heteroatoms. The van der Waals surface area contributed by atoms with Crippen LogP contribution in [-0.4, -0.2) is 32.5 Å². The first-order chi connectivity index (χ1) is 18.6. The third-order valence-corrected chi connectivity index (χ3v) is 11.4. The van der Waals surface area contributed by atoms with Gasteiger partial charge in [-0.3, -0.25) is 0 Å². The van der Waals surface area contributed by atoms with Crippen LogP contribution in [0.2, 0.25) is 0 Å². The molecule has 40 heavy (non-hydrogen) atoms. The van der Waals surface area contributed by atoms with Gasteiger partial charge >= 0.3 is 0 Å². The first kappa shape index (κ1) is 31.8. The normalized spacial score (nSPS) is 11.5. The van der Waals surface area contributed by atoms with E-state index in [0.29, 0.717) is 0 Å². The van der Waals surface area contributed by atoms with E-state index < -0.39 is 0 Å². The zero-order valence-corrected chi connectivity index (χ0v) is 30.7. The summed E-state index contributed by atoms with van der Waals surface area (Å²) in [7, 11) is 1.83. The summed E-state index contributed by atoms with van der Waals surface area (Å²) < 4.78 is 30.1. The van der Waals surface area contributed by atoms with Crippen LogP contribution >= 0.6 is 103 Å². The summed E-state index contributed by atoms with van der Waals surface area (Å²) >= 11 is 21.0. The highest BCUT2D eigenvalue weighted by molar-refractivity contribution is 9.11. The van der Waals surface area contributed by atoms with Crippen molar-refractivity contribution in [2.24, 2.45) is 15.8 Å². The monoisotopic (exact) mass is 911 g/mol. The smallest absolute Gasteiger partial charge is 0.127 e. The lowest BCUT2D eigenvalue weighted by atomic mass is 10.1. The fourth-order valence-corrected chi connectivity index (χ4v) is 8.56. The number of aryl methyl sites for hydroxylation is 2. The minimum atomic E-state index is 0. The Morgan fingerprint density at radius 3 is 1.48 bits per heavy atom. The van der Waals surface area contributed by atoms with Crippen molar-refractivity contribution in [3.63, 3.8) is 0 Å². The minimum Gasteiger partial charge on any atom is -0.187 e. The van der Waals surface area contributed by atoms with Crippen molar-refractivity contribution in [1.29, 1.82) is 0 Å². The van der Waals surface area contributed by atoms with E-state index in [2.05, 4.69) is 130 Å². The summed E-state index contributed by atoms with van der Waals surface area (Å²) in [4.78, 5) is 1.59. The molecular formula is C23H18Br5N9S3. The van der Waals surface area contributed by atoms with Gasteiger partial charge in [-0.1, -0.05) is 13.5 Å². The number of nitrogens with zero attached hydrogens (tertiary/aromatic N) is 9. The molecule has 4 heterocycles. The Kier molecular flexibility index (Phi) is 10.4. The van der Waals surface area contributed by atoms with E-state index in [-0.39, 0.29) is 7.43 Å². The maximum Gasteiger partial charge on any atom is 0.127 e. The van der Waals surface area contributed by atoms with E-state index in [1.54, 1.807) is 4.80 Å². The molecule has 0 atom stereocenters. The van der Waals surface area contributed by atoms with Crippen LogP contribution in [0.3, 0.4) is 0 Å². The molecular weight excluding hydrogens is 898 g/mol. The molecule has 3 aromatic heterocycles. The Balaban J connectivity index is 0.000000137. The van der Waals surface area contributed by atoms with Crippen molar-refractivity contribution in [3.8, 4) is 0 Å². The van der Waals surface area contributed by atoms with Gasteiger partial charge in [0.15, 0.2) is 0 Å². The van der Waals surface area contributed by atoms with Crippen LogP contribution < -0.4 is 0 Å². The van der Waals surface area contributed by atoms with Crippen molar-refractivity contribution < 1.29 is 0 Å². The van der Waals surface area contributed by atoms with Gasteiger partial charge in [0.2, 0.25) is 0 Å². The quantitative estimate of drug-likeness (QED) is 0.150. The summed E-state index contributed by atoms with van der Waals surface area (Å²) in [6.45, 7) is 6.18. The van der Waals surface area contributed by atoms with Crippen LogP contribution in [0.1, 0.15) is 24.1 Å². The van der Waals surface area contributed by atoms with Gasteiger partial charge in [-0.15, -0.1) is 0 Å². The van der Waals surface area contributed by atoms with Gasteiger partial charge in [0.1, 0.15) is 44.5 Å². The summed E-state index contributed by atoms with van der Waals surface area (Å²) in [6, 6.07) is 4.02. The summed E-state index contributed by atoms with van der Waals surface area (Å²) in [6.07, 6.45) is 0. The summed E-state index contributed by atoms with van der Waals surface area (Å²) in [5.41, 5.74) is 10.7. The van der Waals surface area contributed by atoms with Crippen molar-refractivity contribution >= 4 is 159 Å². The minimum absolute atomic E-state index is 0. The van der Waals surface area contributed by atoms with E-state index >= 15 is 0 Å². The van der Waals surface area contributed by atoms with Crippen molar-refractivity contribution in [2.75, 3.05) is 0 Å². The van der Waals surface area contributed by atoms with Crippen LogP contribution in [0.5, 0.6) is 0 Å². The fraction of sp³-hybridized carbons (Fsp3) is 0.217. The van der Waals surface area contributed by atoms with Crippen LogP contribution in [0.15, 0.2) is 43.2 Å². The molecule has 0 amide bonds. The predicted octanol–water partition coefficient (Wildman–Crippen LogP) is 10.5. The van der Waals surface area contributed by atoms with Crippen molar-refractivity contribution in [3.05, 3.63) is 51.2 Å². The molecule has 1 aliphatic heterocycles. The molecule has 0 fully saturated rings. The van der Waals surface area contributed by atoms with Crippen LogP contribution in [0.4, 0.5) is 11.4 Å². The van der Waals surface area contributed by atoms with E-state index in [9.17, 15) is 0 Å². The number of benzene rings is 3. The Bertz CT molecular complexity index is 1850. The van der Waals surface area contributed by atoms with Crippen molar-refractivity contribution in [1.82, 2.24) is 32.5 Å². The van der Waals surface area contributed by atoms with Gasteiger partial charge in [0, 0.05) is 20.5 Å². The number of rotatable bonds is 0. The van der Waals surface area contributed by atoms with Gasteiger partial charge in [0.05, 0.1) is 43.8 Å². The maximum absolute atomic E-state index is 4.25. The Hall–Kier alpha value is -1.08. The SMILES string of the molecule is Brc1c2c(c(Br)c3nsnc13)N=S=N2.C.Cc1c(C)c(Br)c2nsnc2c1Br.Cc1ccc(Br)c2nn(C)nc12. The first-order valence-corrected chi connectivity index (χ1v) is 17.0. The first-order valence-electron chi connectivity index (χ1n) is 10.8. The van der Waals surface area contributed by atoms with E-state index in [4.69, 9.17) is 0 Å². The standard InChI is InChI=1S/C8H6Br2N2S.C8H8BrN3.C6Br2N4S2.CH4/c1-3-4(2)6(10)8-7(5(3)9)11-13-12-8;1-5-3-4-6(9)8-7(5)10-12(2)11-8;7-1-3-5(11-13-9-3)2(8)6-4(1)10-14-12-6;/h1-2H3;3-4H,1-2H3;;1H4. The Morgan fingerprint density at radius 2 is 1.02 bits per heavy atom. The Morgan fingerprint density at radius 1 is 0.600 bits per heavy atom. The highest BCUT2D eigenvalue weighted by Gasteiger charge is 2.21. The zero-order chi connectivity index (χ0) is 28.0. The summed E-state index contributed by atoms with van der Waals surface area (Å²) in [5, 5.41) is 8.48. The lowest BCUT2D eigenvalue weighted by Gasteiger charge is -2.05. The third kappa shape index (κ3) is 5.89. The molecule has 3 aromatic carbocycles. The molecule has 0 spiro atoms. The lowest BCUT2D eigenvalue weighted by Crippen LogP contribution is -1.90. The van der Waals surface area contributed by atoms with Crippen LogP contribution in [0.25, 0.3) is 33.1 Å². The van der Waals surface area contributed by atoms with Gasteiger partial charge in [-0.05, 0) is 123 Å². The van der Waals surface area contributed by atoms with E-state index in [1.807, 2.05) is 26.1 Å². The highest BCUT2D eigenvalue weighted by Crippen LogP contribution is 2.48. The molecule has 0 N–H and O–H groups in total. The summed E-state index contributed by atoms with van der Waals surface area (Å²) in [5.74, 6) is 0. The van der Waals surface area contributed by atoms with Crippen LogP contribution in [-0.2, 0) is 18.4 Å². The predicted molar refractivity (Wildman–Crippen MR) is 184 cm³/mol. The molecule has 6 aromatic rings. The van der Waals surface area contributed by atoms with Gasteiger partial charge < -0.3 is 0 Å². The maximum atomic E-state index is 4.25. The molecule has 7 rings (SSSR count). The number of aromatic nitrogens is 7. The molecule has 0 aliphatic carbocycles. The zero-order valence-electron chi connectivity index (χ0n) is 20.3. The van der Waals surface area contributed by atoms with Gasteiger partial charge in [-0.25, -0.2) is 0 Å². The second-order valence-corrected chi connectivity index (χ2v) is 13.8. The van der Waals surface area contributed by atoms with E-state index in [1.165, 1.54) is 45.9 Å². The third-order valence-electron chi connectivity index (χ3n) is 5.73. The molecule has 0 saturated heterocycles. The van der Waals surface area contributed by atoms with Crippen molar-refractivity contribution in [2.45, 2.75) is 28.2 Å². The average Bonchev–Trinajstić information content (AvgIpc) is 3.73. The fourth-order valence-electron chi connectivity index (χ4n) is 3.53. The van der Waals surface area contributed by atoms with E-state index in [0.717, 1.165) is 72.4 Å². The molecule has 0 radical (unpaired) electrons. The second-order valence-electron chi connectivity index (χ2n) is 8.14. The molecule has 9 nitrogen and oxygen atoms in total. The second kappa shape index (κ2) is 13.1. The number of halogens is 5.